The van der Waals surface area contributed by atoms with Gasteiger partial charge in [-0.05, 0) is 71.9 Å². The molecule has 2 heterocycles. The first-order valence-corrected chi connectivity index (χ1v) is 11.8. The lowest BCUT2D eigenvalue weighted by Gasteiger charge is -2.37. The molecular formula is C25H33N3O3S. The minimum Gasteiger partial charge on any atom is -0.456 e. The standard InChI is InChI=1S/C25H33N3O3S/c1-14(2)26-20(29)12-18-13-32-24-27-17(5)21(23(30)31-25(6,7)8)22(28(18)24)19-11-15(3)9-10-16(19)4/h9-11,13-14,22H,12H2,1-8H3,(H,26,29)/t22-/m0/s1. The monoisotopic (exact) mass is 455 g/mol. The third kappa shape index (κ3) is 5.26. The molecule has 2 aliphatic rings. The minimum atomic E-state index is -0.629. The second-order valence-electron chi connectivity index (χ2n) is 9.65. The van der Waals surface area contributed by atoms with Crippen LogP contribution in [0, 0.1) is 13.8 Å². The fraction of sp³-hybridized carbons (Fsp3) is 0.480. The average molecular weight is 456 g/mol. The van der Waals surface area contributed by atoms with Gasteiger partial charge in [-0.3, -0.25) is 4.79 Å². The molecule has 3 rings (SSSR count). The van der Waals surface area contributed by atoms with Gasteiger partial charge in [0, 0.05) is 11.7 Å². The van der Waals surface area contributed by atoms with Crippen molar-refractivity contribution < 1.29 is 14.3 Å². The lowest BCUT2D eigenvalue weighted by molar-refractivity contribution is -0.150. The highest BCUT2D eigenvalue weighted by molar-refractivity contribution is 8.16. The summed E-state index contributed by atoms with van der Waals surface area (Å²) in [5.41, 5.74) is 4.53. The van der Waals surface area contributed by atoms with Crippen LogP contribution in [-0.4, -0.2) is 33.6 Å². The van der Waals surface area contributed by atoms with E-state index in [-0.39, 0.29) is 24.3 Å². The van der Waals surface area contributed by atoms with Crippen LogP contribution in [0.3, 0.4) is 0 Å². The molecule has 0 saturated heterocycles. The molecule has 2 aliphatic heterocycles. The minimum absolute atomic E-state index is 0.0564. The summed E-state index contributed by atoms with van der Waals surface area (Å²) in [4.78, 5) is 32.7. The van der Waals surface area contributed by atoms with Crippen LogP contribution >= 0.6 is 11.8 Å². The Morgan fingerprint density at radius 2 is 1.91 bits per heavy atom. The fourth-order valence-corrected chi connectivity index (χ4v) is 4.81. The summed E-state index contributed by atoms with van der Waals surface area (Å²) in [5.74, 6) is -0.440. The molecule has 0 bridgehead atoms. The van der Waals surface area contributed by atoms with Crippen molar-refractivity contribution in [2.75, 3.05) is 0 Å². The van der Waals surface area contributed by atoms with Gasteiger partial charge in [-0.25, -0.2) is 9.79 Å². The van der Waals surface area contributed by atoms with E-state index in [2.05, 4.69) is 23.5 Å². The number of hydrogen-bond donors (Lipinski definition) is 1. The Hall–Kier alpha value is -2.54. The maximum Gasteiger partial charge on any atom is 0.338 e. The molecule has 1 atom stereocenters. The zero-order valence-electron chi connectivity index (χ0n) is 20.2. The van der Waals surface area contributed by atoms with E-state index in [0.29, 0.717) is 11.3 Å². The van der Waals surface area contributed by atoms with E-state index in [1.54, 1.807) is 0 Å². The molecule has 1 aromatic carbocycles. The van der Waals surface area contributed by atoms with E-state index in [0.717, 1.165) is 27.6 Å². The molecule has 1 N–H and O–H groups in total. The largest absolute Gasteiger partial charge is 0.456 e. The van der Waals surface area contributed by atoms with Gasteiger partial charge in [0.05, 0.1) is 23.7 Å². The van der Waals surface area contributed by atoms with Gasteiger partial charge in [0.25, 0.3) is 0 Å². The van der Waals surface area contributed by atoms with Gasteiger partial charge >= 0.3 is 5.97 Å². The Kier molecular flexibility index (Phi) is 6.89. The summed E-state index contributed by atoms with van der Waals surface area (Å²) in [6.07, 6.45) is 0.214. The number of aryl methyl sites for hydroxylation is 2. The van der Waals surface area contributed by atoms with Crippen LogP contribution in [0.4, 0.5) is 0 Å². The molecule has 0 radical (unpaired) electrons. The molecule has 32 heavy (non-hydrogen) atoms. The number of thioether (sulfide) groups is 1. The summed E-state index contributed by atoms with van der Waals surface area (Å²) < 4.78 is 5.79. The summed E-state index contributed by atoms with van der Waals surface area (Å²) in [5, 5.41) is 5.69. The summed E-state index contributed by atoms with van der Waals surface area (Å²) >= 11 is 1.48. The van der Waals surface area contributed by atoms with Crippen molar-refractivity contribution in [3.63, 3.8) is 0 Å². The predicted molar refractivity (Wildman–Crippen MR) is 130 cm³/mol. The van der Waals surface area contributed by atoms with E-state index in [9.17, 15) is 9.59 Å². The summed E-state index contributed by atoms with van der Waals surface area (Å²) in [7, 11) is 0. The quantitative estimate of drug-likeness (QED) is 0.623. The van der Waals surface area contributed by atoms with E-state index >= 15 is 0 Å². The number of amidine groups is 1. The smallest absolute Gasteiger partial charge is 0.338 e. The zero-order valence-corrected chi connectivity index (χ0v) is 21.0. The number of ether oxygens (including phenoxy) is 1. The maximum atomic E-state index is 13.4. The first kappa shape index (κ1) is 24.1. The number of amides is 1. The molecule has 0 fully saturated rings. The van der Waals surface area contributed by atoms with Gasteiger partial charge in [-0.1, -0.05) is 35.5 Å². The van der Waals surface area contributed by atoms with Crippen molar-refractivity contribution >= 4 is 28.8 Å². The molecular weight excluding hydrogens is 422 g/mol. The van der Waals surface area contributed by atoms with Crippen LogP contribution in [0.5, 0.6) is 0 Å². The highest BCUT2D eigenvalue weighted by Crippen LogP contribution is 2.46. The Labute approximate surface area is 195 Å². The third-order valence-corrected chi connectivity index (χ3v) is 6.03. The SMILES string of the molecule is CC1=C(C(=O)OC(C)(C)C)[C@H](c2cc(C)ccc2C)N2C(CC(=O)NC(C)C)=CSC2=N1. The number of nitrogens with one attached hydrogen (secondary N) is 1. The van der Waals surface area contributed by atoms with Gasteiger partial charge < -0.3 is 15.0 Å². The molecule has 0 aliphatic carbocycles. The average Bonchev–Trinajstić information content (AvgIpc) is 3.02. The van der Waals surface area contributed by atoms with Gasteiger partial charge in [0.1, 0.15) is 5.60 Å². The Morgan fingerprint density at radius 3 is 2.53 bits per heavy atom. The van der Waals surface area contributed by atoms with Crippen molar-refractivity contribution in [2.24, 2.45) is 4.99 Å². The van der Waals surface area contributed by atoms with E-state index in [1.807, 2.05) is 65.7 Å². The van der Waals surface area contributed by atoms with Crippen LogP contribution in [0.15, 0.2) is 45.6 Å². The van der Waals surface area contributed by atoms with E-state index in [1.165, 1.54) is 11.8 Å². The van der Waals surface area contributed by atoms with Crippen molar-refractivity contribution in [1.82, 2.24) is 10.2 Å². The Bertz CT molecular complexity index is 1030. The van der Waals surface area contributed by atoms with E-state index in [4.69, 9.17) is 9.73 Å². The van der Waals surface area contributed by atoms with Crippen molar-refractivity contribution in [3.05, 3.63) is 57.3 Å². The molecule has 1 aromatic rings. The predicted octanol–water partition coefficient (Wildman–Crippen LogP) is 5.13. The number of nitrogens with zero attached hydrogens (tertiary/aromatic N) is 2. The van der Waals surface area contributed by atoms with Crippen LogP contribution in [0.1, 0.15) is 70.7 Å². The number of fused-ring (bicyclic) bond motifs is 1. The number of benzene rings is 1. The number of hydrogen-bond acceptors (Lipinski definition) is 6. The van der Waals surface area contributed by atoms with E-state index < -0.39 is 11.6 Å². The lowest BCUT2D eigenvalue weighted by atomic mass is 9.89. The summed E-state index contributed by atoms with van der Waals surface area (Å²) in [6.45, 7) is 15.4. The molecule has 0 saturated carbocycles. The lowest BCUT2D eigenvalue weighted by Crippen LogP contribution is -2.40. The molecule has 7 heteroatoms. The van der Waals surface area contributed by atoms with Gasteiger partial charge in [-0.15, -0.1) is 0 Å². The number of rotatable bonds is 5. The van der Waals surface area contributed by atoms with Gasteiger partial charge in [-0.2, -0.15) is 0 Å². The fourth-order valence-electron chi connectivity index (χ4n) is 3.85. The first-order chi connectivity index (χ1) is 14.9. The van der Waals surface area contributed by atoms with Gasteiger partial charge in [0.15, 0.2) is 5.17 Å². The molecule has 6 nitrogen and oxygen atoms in total. The highest BCUT2D eigenvalue weighted by atomic mass is 32.2. The number of carbonyl (C=O) groups excluding carboxylic acids is 2. The topological polar surface area (TPSA) is 71.0 Å². The van der Waals surface area contributed by atoms with Crippen LogP contribution in [0.2, 0.25) is 0 Å². The summed E-state index contributed by atoms with van der Waals surface area (Å²) in [6, 6.07) is 5.88. The number of aliphatic imine (C=N–C) groups is 1. The van der Waals surface area contributed by atoms with Crippen molar-refractivity contribution in [1.29, 1.82) is 0 Å². The molecule has 172 valence electrons. The molecule has 0 aromatic heterocycles. The Morgan fingerprint density at radius 1 is 1.22 bits per heavy atom. The first-order valence-electron chi connectivity index (χ1n) is 10.9. The molecule has 1 amide bonds. The van der Waals surface area contributed by atoms with Crippen molar-refractivity contribution in [2.45, 2.75) is 79.5 Å². The maximum absolute atomic E-state index is 13.4. The highest BCUT2D eigenvalue weighted by Gasteiger charge is 2.42. The van der Waals surface area contributed by atoms with Crippen molar-refractivity contribution in [3.8, 4) is 0 Å². The number of carbonyl (C=O) groups is 2. The second-order valence-corrected chi connectivity index (χ2v) is 10.5. The molecule has 0 unspecified atom stereocenters. The number of allylic oxidation sites excluding steroid dienone is 1. The van der Waals surface area contributed by atoms with Crippen LogP contribution in [0.25, 0.3) is 0 Å². The molecule has 0 spiro atoms. The normalized spacial score (nSPS) is 18.4. The second kappa shape index (κ2) is 9.14. The third-order valence-electron chi connectivity index (χ3n) is 5.14. The van der Waals surface area contributed by atoms with Gasteiger partial charge in [0.2, 0.25) is 5.91 Å². The Balaban J connectivity index is 2.10. The number of esters is 1. The zero-order chi connectivity index (χ0) is 23.8. The van der Waals surface area contributed by atoms with Crippen LogP contribution in [-0.2, 0) is 14.3 Å². The van der Waals surface area contributed by atoms with Crippen LogP contribution < -0.4 is 5.32 Å².